The van der Waals surface area contributed by atoms with E-state index in [1.807, 2.05) is 12.1 Å². The average Bonchev–Trinajstić information content (AvgIpc) is 4.24. The van der Waals surface area contributed by atoms with Gasteiger partial charge in [-0.1, -0.05) is 231 Å². The zero-order chi connectivity index (χ0) is 50.5. The topological polar surface area (TPSA) is 46.5 Å². The average molecular weight is 967 g/mol. The molecule has 4 nitrogen and oxygen atoms in total. The molecule has 11 aromatic carbocycles. The van der Waals surface area contributed by atoms with Crippen LogP contribution in [0.3, 0.4) is 0 Å². The van der Waals surface area contributed by atoms with E-state index in [1.54, 1.807) is 0 Å². The molecule has 0 radical (unpaired) electrons. The van der Waals surface area contributed by atoms with Crippen LogP contribution in [0, 0.1) is 11.3 Å². The van der Waals surface area contributed by atoms with Crippen molar-refractivity contribution in [2.75, 3.05) is 0 Å². The SMILES string of the molecule is N#Cc1c(-n2c3cccc(-c4ccccc4)c3c3c(-c4ccccc4)cccc32)cc(-c2cc(-c3ccccc3)nc(-c3ccccc3)c2)cc1-n1c2cccc(-c3ccccc3)c2c2c(-c3ccccc3)cccc21. The van der Waals surface area contributed by atoms with Gasteiger partial charge in [-0.15, -0.1) is 0 Å². The summed E-state index contributed by atoms with van der Waals surface area (Å²) in [6.07, 6.45) is 0. The van der Waals surface area contributed by atoms with Crippen molar-refractivity contribution in [3.8, 4) is 95.6 Å². The minimum absolute atomic E-state index is 0.549. The van der Waals surface area contributed by atoms with Crippen LogP contribution in [-0.4, -0.2) is 14.1 Å². The van der Waals surface area contributed by atoms with E-state index in [9.17, 15) is 5.26 Å². The van der Waals surface area contributed by atoms with Crippen LogP contribution in [0.15, 0.2) is 279 Å². The fourth-order valence-electron chi connectivity index (χ4n) is 11.6. The third kappa shape index (κ3) is 7.41. The highest BCUT2D eigenvalue weighted by atomic mass is 15.0. The van der Waals surface area contributed by atoms with Crippen molar-refractivity contribution in [2.45, 2.75) is 0 Å². The van der Waals surface area contributed by atoms with Crippen LogP contribution in [0.1, 0.15) is 5.56 Å². The Kier molecular flexibility index (Phi) is 10.9. The second-order valence-corrected chi connectivity index (χ2v) is 19.3. The van der Waals surface area contributed by atoms with Crippen molar-refractivity contribution >= 4 is 43.6 Å². The Morgan fingerprint density at radius 2 is 0.526 bits per heavy atom. The maximum absolute atomic E-state index is 12.2. The molecule has 0 spiro atoms. The van der Waals surface area contributed by atoms with Gasteiger partial charge in [0, 0.05) is 32.7 Å². The van der Waals surface area contributed by atoms with Crippen LogP contribution in [0.5, 0.6) is 0 Å². The highest BCUT2D eigenvalue weighted by Crippen LogP contribution is 2.48. The van der Waals surface area contributed by atoms with Gasteiger partial charge in [-0.2, -0.15) is 5.26 Å². The summed E-state index contributed by atoms with van der Waals surface area (Å²) in [5.41, 5.74) is 20.8. The number of hydrogen-bond acceptors (Lipinski definition) is 2. The number of fused-ring (bicyclic) bond motifs is 6. The first-order valence-corrected chi connectivity index (χ1v) is 25.8. The summed E-state index contributed by atoms with van der Waals surface area (Å²) in [6, 6.07) is 102. The number of hydrogen-bond donors (Lipinski definition) is 0. The molecular formula is C72H46N4. The molecule has 0 amide bonds. The first-order valence-electron chi connectivity index (χ1n) is 25.8. The smallest absolute Gasteiger partial charge is 0.104 e. The van der Waals surface area contributed by atoms with E-state index in [4.69, 9.17) is 4.98 Å². The molecule has 0 aliphatic rings. The lowest BCUT2D eigenvalue weighted by molar-refractivity contribution is 1.12. The highest BCUT2D eigenvalue weighted by molar-refractivity contribution is 6.22. The number of pyridine rings is 1. The molecule has 14 aromatic rings. The van der Waals surface area contributed by atoms with Gasteiger partial charge in [-0.25, -0.2) is 4.98 Å². The van der Waals surface area contributed by atoms with Crippen LogP contribution in [0.2, 0.25) is 0 Å². The first-order chi connectivity index (χ1) is 37.7. The number of nitrogens with zero attached hydrogens (tertiary/aromatic N) is 4. The second kappa shape index (κ2) is 18.6. The van der Waals surface area contributed by atoms with Gasteiger partial charge in [0.1, 0.15) is 11.6 Å². The van der Waals surface area contributed by atoms with Crippen molar-refractivity contribution in [1.29, 1.82) is 5.26 Å². The third-order valence-electron chi connectivity index (χ3n) is 15.0. The van der Waals surface area contributed by atoms with Gasteiger partial charge < -0.3 is 9.13 Å². The van der Waals surface area contributed by atoms with Crippen LogP contribution in [-0.2, 0) is 0 Å². The predicted molar refractivity (Wildman–Crippen MR) is 316 cm³/mol. The Balaban J connectivity index is 1.16. The van der Waals surface area contributed by atoms with Crippen molar-refractivity contribution in [3.63, 3.8) is 0 Å². The largest absolute Gasteiger partial charge is 0.308 e. The Hall–Kier alpha value is -10.3. The van der Waals surface area contributed by atoms with E-state index in [0.717, 1.165) is 133 Å². The van der Waals surface area contributed by atoms with E-state index in [0.29, 0.717) is 5.56 Å². The molecule has 354 valence electrons. The van der Waals surface area contributed by atoms with Gasteiger partial charge in [-0.05, 0) is 104 Å². The summed E-state index contributed by atoms with van der Waals surface area (Å²) in [5.74, 6) is 0. The van der Waals surface area contributed by atoms with Crippen molar-refractivity contribution in [1.82, 2.24) is 14.1 Å². The quantitative estimate of drug-likeness (QED) is 0.145. The highest BCUT2D eigenvalue weighted by Gasteiger charge is 2.27. The molecule has 3 aromatic heterocycles. The number of nitriles is 1. The van der Waals surface area contributed by atoms with Gasteiger partial charge in [0.05, 0.1) is 44.8 Å². The molecule has 4 heteroatoms. The normalized spacial score (nSPS) is 11.4. The number of rotatable bonds is 9. The Labute approximate surface area is 440 Å². The van der Waals surface area contributed by atoms with Gasteiger partial charge in [0.25, 0.3) is 0 Å². The summed E-state index contributed by atoms with van der Waals surface area (Å²) >= 11 is 0. The van der Waals surface area contributed by atoms with Crippen LogP contribution in [0.25, 0.3) is 133 Å². The predicted octanol–water partition coefficient (Wildman–Crippen LogP) is 18.8. The minimum Gasteiger partial charge on any atom is -0.308 e. The molecule has 0 aliphatic carbocycles. The van der Waals surface area contributed by atoms with E-state index in [2.05, 4.69) is 282 Å². The summed E-state index contributed by atoms with van der Waals surface area (Å²) in [7, 11) is 0. The molecule has 0 atom stereocenters. The molecule has 0 saturated carbocycles. The van der Waals surface area contributed by atoms with Crippen molar-refractivity contribution < 1.29 is 0 Å². The summed E-state index contributed by atoms with van der Waals surface area (Å²) < 4.78 is 4.70. The maximum atomic E-state index is 12.2. The fraction of sp³-hybridized carbons (Fsp3) is 0. The molecule has 0 aliphatic heterocycles. The molecule has 0 fully saturated rings. The monoisotopic (exact) mass is 966 g/mol. The van der Waals surface area contributed by atoms with E-state index < -0.39 is 0 Å². The Morgan fingerprint density at radius 3 is 0.803 bits per heavy atom. The zero-order valence-corrected chi connectivity index (χ0v) is 41.3. The zero-order valence-electron chi connectivity index (χ0n) is 41.3. The van der Waals surface area contributed by atoms with Crippen molar-refractivity contribution in [3.05, 3.63) is 285 Å². The summed E-state index contributed by atoms with van der Waals surface area (Å²) in [4.78, 5) is 5.33. The standard InChI is InChI=1S/C72H46N4/c73-47-60-67(75-63-39-19-35-56(48-23-7-1-8-24-48)69(63)70-57(36-20-40-64(70)75)49-25-9-2-10-26-49)45-55(54-43-61(52-31-15-5-16-32-52)74-62(44-54)53-33-17-6-18-34-53)46-68(60)76-65-41-21-37-58(50-27-11-3-12-28-50)71(65)72-59(38-22-42-66(72)76)51-29-13-4-14-30-51/h1-46H. The lowest BCUT2D eigenvalue weighted by Crippen LogP contribution is -2.05. The van der Waals surface area contributed by atoms with E-state index >= 15 is 0 Å². The molecule has 0 N–H and O–H groups in total. The second-order valence-electron chi connectivity index (χ2n) is 19.3. The van der Waals surface area contributed by atoms with Gasteiger partial charge in [-0.3, -0.25) is 0 Å². The lowest BCUT2D eigenvalue weighted by atomic mass is 9.95. The van der Waals surface area contributed by atoms with E-state index in [1.165, 1.54) is 0 Å². The third-order valence-corrected chi connectivity index (χ3v) is 15.0. The molecule has 0 bridgehead atoms. The summed E-state index contributed by atoms with van der Waals surface area (Å²) in [6.45, 7) is 0. The molecule has 76 heavy (non-hydrogen) atoms. The first kappa shape index (κ1) is 44.4. The van der Waals surface area contributed by atoms with Crippen LogP contribution >= 0.6 is 0 Å². The lowest BCUT2D eigenvalue weighted by Gasteiger charge is -2.19. The number of aromatic nitrogens is 3. The summed E-state index contributed by atoms with van der Waals surface area (Å²) in [5, 5.41) is 16.7. The molecule has 0 saturated heterocycles. The van der Waals surface area contributed by atoms with E-state index in [-0.39, 0.29) is 0 Å². The van der Waals surface area contributed by atoms with Crippen LogP contribution < -0.4 is 0 Å². The van der Waals surface area contributed by atoms with Crippen LogP contribution in [0.4, 0.5) is 0 Å². The van der Waals surface area contributed by atoms with Crippen molar-refractivity contribution in [2.24, 2.45) is 0 Å². The minimum atomic E-state index is 0.549. The maximum Gasteiger partial charge on any atom is 0.104 e. The van der Waals surface area contributed by atoms with Gasteiger partial charge in [0.2, 0.25) is 0 Å². The Bertz CT molecular complexity index is 4060. The molecule has 14 rings (SSSR count). The van der Waals surface area contributed by atoms with Gasteiger partial charge >= 0.3 is 0 Å². The van der Waals surface area contributed by atoms with Gasteiger partial charge in [0.15, 0.2) is 0 Å². The fourth-order valence-corrected chi connectivity index (χ4v) is 11.6. The Morgan fingerprint density at radius 1 is 0.263 bits per heavy atom. The molecule has 3 heterocycles. The molecule has 0 unspecified atom stereocenters. The number of benzene rings is 11. The molecular weight excluding hydrogens is 921 g/mol.